The lowest BCUT2D eigenvalue weighted by Crippen LogP contribution is -1.98. The van der Waals surface area contributed by atoms with E-state index in [1.807, 2.05) is 36.4 Å². The number of fused-ring (bicyclic) bond motifs is 2. The van der Waals surface area contributed by atoms with E-state index < -0.39 is 5.63 Å². The molecule has 2 heterocycles. The summed E-state index contributed by atoms with van der Waals surface area (Å²) in [7, 11) is 3.16. The van der Waals surface area contributed by atoms with Crippen LogP contribution >= 0.6 is 0 Å². The van der Waals surface area contributed by atoms with Gasteiger partial charge in [-0.3, -0.25) is 0 Å². The van der Waals surface area contributed by atoms with E-state index in [-0.39, 0.29) is 0 Å². The molecule has 0 atom stereocenters. The highest BCUT2D eigenvalue weighted by Crippen LogP contribution is 2.36. The molecule has 0 aliphatic carbocycles. The van der Waals surface area contributed by atoms with Crippen LogP contribution in [0.1, 0.15) is 0 Å². The van der Waals surface area contributed by atoms with E-state index in [2.05, 4.69) is 0 Å². The highest BCUT2D eigenvalue weighted by Gasteiger charge is 2.15. The summed E-state index contributed by atoms with van der Waals surface area (Å²) in [6, 6.07) is 14.3. The summed E-state index contributed by atoms with van der Waals surface area (Å²) in [6.45, 7) is 0. The first kappa shape index (κ1) is 14.4. The molecule has 0 unspecified atom stereocenters. The predicted molar refractivity (Wildman–Crippen MR) is 90.8 cm³/mol. The van der Waals surface area contributed by atoms with Crippen LogP contribution in [0.2, 0.25) is 0 Å². The van der Waals surface area contributed by atoms with Gasteiger partial charge in [0.25, 0.3) is 0 Å². The first-order chi connectivity index (χ1) is 11.7. The molecule has 2 aromatic carbocycles. The summed E-state index contributed by atoms with van der Waals surface area (Å²) in [5.41, 5.74) is 1.31. The zero-order valence-electron chi connectivity index (χ0n) is 13.2. The fraction of sp³-hybridized carbons (Fsp3) is 0.105. The Hall–Kier alpha value is -3.21. The van der Waals surface area contributed by atoms with Crippen LogP contribution in [0.15, 0.2) is 62.2 Å². The zero-order chi connectivity index (χ0) is 16.7. The molecule has 4 aromatic rings. The van der Waals surface area contributed by atoms with Crippen molar-refractivity contribution >= 4 is 21.9 Å². The Labute approximate surface area is 137 Å². The summed E-state index contributed by atoms with van der Waals surface area (Å²) >= 11 is 0. The number of benzene rings is 2. The first-order valence-corrected chi connectivity index (χ1v) is 7.38. The SMILES string of the molecule is COc1ccc2c(-c3cc4cccc(OC)c4o3)cc(=O)oc2c1. The molecule has 5 nitrogen and oxygen atoms in total. The summed E-state index contributed by atoms with van der Waals surface area (Å²) in [5.74, 6) is 1.85. The molecule has 0 amide bonds. The quantitative estimate of drug-likeness (QED) is 0.528. The second kappa shape index (κ2) is 5.45. The Bertz CT molecular complexity index is 1100. The Morgan fingerprint density at radius 2 is 1.79 bits per heavy atom. The molecule has 0 saturated carbocycles. The third-order valence-corrected chi connectivity index (χ3v) is 3.95. The van der Waals surface area contributed by atoms with E-state index in [4.69, 9.17) is 18.3 Å². The van der Waals surface area contributed by atoms with Gasteiger partial charge in [0.05, 0.1) is 14.2 Å². The molecular formula is C19H14O5. The molecule has 24 heavy (non-hydrogen) atoms. The molecule has 0 N–H and O–H groups in total. The molecule has 0 saturated heterocycles. The lowest BCUT2D eigenvalue weighted by molar-refractivity contribution is 0.411. The minimum atomic E-state index is -0.446. The molecule has 0 bridgehead atoms. The van der Waals surface area contributed by atoms with Gasteiger partial charge in [-0.25, -0.2) is 4.79 Å². The monoisotopic (exact) mass is 322 g/mol. The third kappa shape index (κ3) is 2.22. The number of hydrogen-bond donors (Lipinski definition) is 0. The van der Waals surface area contributed by atoms with Crippen LogP contribution in [-0.4, -0.2) is 14.2 Å². The van der Waals surface area contributed by atoms with Crippen LogP contribution in [0.3, 0.4) is 0 Å². The smallest absolute Gasteiger partial charge is 0.336 e. The van der Waals surface area contributed by atoms with E-state index >= 15 is 0 Å². The maximum absolute atomic E-state index is 11.9. The largest absolute Gasteiger partial charge is 0.497 e. The van der Waals surface area contributed by atoms with Crippen LogP contribution in [0.25, 0.3) is 33.3 Å². The zero-order valence-corrected chi connectivity index (χ0v) is 13.2. The Morgan fingerprint density at radius 1 is 0.917 bits per heavy atom. The van der Waals surface area contributed by atoms with E-state index in [0.717, 1.165) is 10.8 Å². The number of furan rings is 1. The van der Waals surface area contributed by atoms with Gasteiger partial charge in [-0.1, -0.05) is 12.1 Å². The normalized spacial score (nSPS) is 11.1. The molecule has 120 valence electrons. The van der Waals surface area contributed by atoms with Crippen molar-refractivity contribution < 1.29 is 18.3 Å². The molecule has 0 radical (unpaired) electrons. The average molecular weight is 322 g/mol. The lowest BCUT2D eigenvalue weighted by atomic mass is 10.1. The van der Waals surface area contributed by atoms with Gasteiger partial charge in [0.15, 0.2) is 11.3 Å². The Kier molecular flexibility index (Phi) is 3.27. The number of hydrogen-bond acceptors (Lipinski definition) is 5. The first-order valence-electron chi connectivity index (χ1n) is 7.38. The van der Waals surface area contributed by atoms with Crippen molar-refractivity contribution in [3.8, 4) is 22.8 Å². The second-order valence-corrected chi connectivity index (χ2v) is 5.33. The Balaban J connectivity index is 2.01. The molecule has 0 spiro atoms. The minimum Gasteiger partial charge on any atom is -0.497 e. The van der Waals surface area contributed by atoms with Crippen molar-refractivity contribution in [1.82, 2.24) is 0 Å². The van der Waals surface area contributed by atoms with Crippen LogP contribution in [-0.2, 0) is 0 Å². The van der Waals surface area contributed by atoms with Gasteiger partial charge in [-0.2, -0.15) is 0 Å². The standard InChI is InChI=1S/C19H14O5/c1-21-12-6-7-13-14(10-18(20)23-17(13)9-12)16-8-11-4-3-5-15(22-2)19(11)24-16/h3-10H,1-2H3. The fourth-order valence-electron chi connectivity index (χ4n) is 2.80. The van der Waals surface area contributed by atoms with Gasteiger partial charge < -0.3 is 18.3 Å². The van der Waals surface area contributed by atoms with E-state index in [1.54, 1.807) is 20.3 Å². The van der Waals surface area contributed by atoms with Gasteiger partial charge in [0.2, 0.25) is 0 Å². The molecular weight excluding hydrogens is 308 g/mol. The molecule has 0 aliphatic rings. The summed E-state index contributed by atoms with van der Waals surface area (Å²) < 4.78 is 21.8. The highest BCUT2D eigenvalue weighted by molar-refractivity contribution is 5.96. The van der Waals surface area contributed by atoms with E-state index in [0.29, 0.717) is 34.0 Å². The summed E-state index contributed by atoms with van der Waals surface area (Å²) in [5, 5.41) is 1.67. The Morgan fingerprint density at radius 3 is 2.58 bits per heavy atom. The van der Waals surface area contributed by atoms with Crippen molar-refractivity contribution in [3.05, 3.63) is 59.0 Å². The van der Waals surface area contributed by atoms with Gasteiger partial charge in [-0.15, -0.1) is 0 Å². The van der Waals surface area contributed by atoms with Gasteiger partial charge in [0, 0.05) is 28.5 Å². The maximum atomic E-state index is 11.9. The van der Waals surface area contributed by atoms with Gasteiger partial charge in [0.1, 0.15) is 17.1 Å². The minimum absolute atomic E-state index is 0.446. The van der Waals surface area contributed by atoms with Crippen LogP contribution < -0.4 is 15.1 Å². The molecule has 2 aromatic heterocycles. The topological polar surface area (TPSA) is 61.8 Å². The second-order valence-electron chi connectivity index (χ2n) is 5.33. The van der Waals surface area contributed by atoms with Crippen molar-refractivity contribution in [2.75, 3.05) is 14.2 Å². The van der Waals surface area contributed by atoms with Crippen LogP contribution in [0.5, 0.6) is 11.5 Å². The lowest BCUT2D eigenvalue weighted by Gasteiger charge is -2.05. The van der Waals surface area contributed by atoms with E-state index in [1.165, 1.54) is 6.07 Å². The maximum Gasteiger partial charge on any atom is 0.336 e. The summed E-state index contributed by atoms with van der Waals surface area (Å²) in [6.07, 6.45) is 0. The van der Waals surface area contributed by atoms with Gasteiger partial charge in [-0.05, 0) is 24.3 Å². The van der Waals surface area contributed by atoms with Crippen molar-refractivity contribution in [2.24, 2.45) is 0 Å². The van der Waals surface area contributed by atoms with Crippen LogP contribution in [0.4, 0.5) is 0 Å². The predicted octanol–water partition coefficient (Wildman–Crippen LogP) is 4.22. The number of para-hydroxylation sites is 1. The molecule has 5 heteroatoms. The average Bonchev–Trinajstić information content (AvgIpc) is 3.04. The molecule has 0 fully saturated rings. The van der Waals surface area contributed by atoms with Gasteiger partial charge >= 0.3 is 5.63 Å². The number of rotatable bonds is 3. The highest BCUT2D eigenvalue weighted by atomic mass is 16.5. The summed E-state index contributed by atoms with van der Waals surface area (Å²) in [4.78, 5) is 11.9. The van der Waals surface area contributed by atoms with Crippen molar-refractivity contribution in [2.45, 2.75) is 0 Å². The molecule has 0 aliphatic heterocycles. The van der Waals surface area contributed by atoms with E-state index in [9.17, 15) is 4.79 Å². The third-order valence-electron chi connectivity index (χ3n) is 3.95. The van der Waals surface area contributed by atoms with Crippen molar-refractivity contribution in [3.63, 3.8) is 0 Å². The molecule has 4 rings (SSSR count). The van der Waals surface area contributed by atoms with Crippen molar-refractivity contribution in [1.29, 1.82) is 0 Å². The number of methoxy groups -OCH3 is 2. The number of ether oxygens (including phenoxy) is 2. The van der Waals surface area contributed by atoms with Crippen LogP contribution in [0, 0.1) is 0 Å². The fourth-order valence-corrected chi connectivity index (χ4v) is 2.80.